The summed E-state index contributed by atoms with van der Waals surface area (Å²) >= 11 is 0. The normalized spacial score (nSPS) is 19.2. The number of aryl methyl sites for hydroxylation is 1. The van der Waals surface area contributed by atoms with Crippen LogP contribution in [0.15, 0.2) is 28.9 Å². The van der Waals surface area contributed by atoms with Crippen molar-refractivity contribution in [2.45, 2.75) is 39.0 Å². The molecule has 0 amide bonds. The standard InChI is InChI=1S/C17H24N4O3S/c1-2-12-25(22,23)21-11-5-6-14(13-21)8-9-16-19-17(24-20-16)15-7-3-4-10-18-15/h3-4,7,10,14H,2,5-6,8-9,11-13H2,1H3. The van der Waals surface area contributed by atoms with E-state index in [0.29, 0.717) is 49.3 Å². The van der Waals surface area contributed by atoms with Gasteiger partial charge in [-0.1, -0.05) is 18.1 Å². The monoisotopic (exact) mass is 364 g/mol. The van der Waals surface area contributed by atoms with Crippen molar-refractivity contribution in [3.05, 3.63) is 30.2 Å². The molecule has 25 heavy (non-hydrogen) atoms. The molecule has 8 heteroatoms. The van der Waals surface area contributed by atoms with Crippen molar-refractivity contribution in [3.63, 3.8) is 0 Å². The van der Waals surface area contributed by atoms with E-state index in [0.717, 1.165) is 19.3 Å². The summed E-state index contributed by atoms with van der Waals surface area (Å²) < 4.78 is 31.4. The first-order valence-corrected chi connectivity index (χ1v) is 10.4. The van der Waals surface area contributed by atoms with E-state index in [2.05, 4.69) is 15.1 Å². The third-order valence-electron chi connectivity index (χ3n) is 4.47. The van der Waals surface area contributed by atoms with Crippen LogP contribution in [0.2, 0.25) is 0 Å². The molecule has 0 saturated carbocycles. The van der Waals surface area contributed by atoms with Crippen LogP contribution in [0.5, 0.6) is 0 Å². The number of hydrogen-bond donors (Lipinski definition) is 0. The summed E-state index contributed by atoms with van der Waals surface area (Å²) in [6.45, 7) is 3.15. The maximum Gasteiger partial charge on any atom is 0.276 e. The van der Waals surface area contributed by atoms with Gasteiger partial charge in [0.25, 0.3) is 5.89 Å². The van der Waals surface area contributed by atoms with Crippen molar-refractivity contribution in [1.82, 2.24) is 19.4 Å². The van der Waals surface area contributed by atoms with Gasteiger partial charge in [0.15, 0.2) is 5.82 Å². The van der Waals surface area contributed by atoms with Crippen LogP contribution in [0.1, 0.15) is 38.4 Å². The number of aromatic nitrogens is 3. The number of piperidine rings is 1. The molecule has 0 spiro atoms. The SMILES string of the molecule is CCCS(=O)(=O)N1CCCC(CCc2noc(-c3ccccn3)n2)C1. The van der Waals surface area contributed by atoms with Gasteiger partial charge in [-0.25, -0.2) is 12.7 Å². The molecule has 2 aromatic rings. The van der Waals surface area contributed by atoms with E-state index in [1.807, 2.05) is 25.1 Å². The Balaban J connectivity index is 1.56. The van der Waals surface area contributed by atoms with Gasteiger partial charge in [-0.3, -0.25) is 4.98 Å². The summed E-state index contributed by atoms with van der Waals surface area (Å²) in [6, 6.07) is 5.54. The van der Waals surface area contributed by atoms with Gasteiger partial charge in [-0.05, 0) is 43.7 Å². The summed E-state index contributed by atoms with van der Waals surface area (Å²) in [5.74, 6) is 1.65. The summed E-state index contributed by atoms with van der Waals surface area (Å²) in [7, 11) is -3.11. The second kappa shape index (κ2) is 8.05. The Morgan fingerprint density at radius 3 is 3.00 bits per heavy atom. The van der Waals surface area contributed by atoms with E-state index in [9.17, 15) is 8.42 Å². The van der Waals surface area contributed by atoms with E-state index >= 15 is 0 Å². The van der Waals surface area contributed by atoms with Crippen molar-refractivity contribution in [2.24, 2.45) is 5.92 Å². The molecule has 3 rings (SSSR count). The highest BCUT2D eigenvalue weighted by molar-refractivity contribution is 7.89. The highest BCUT2D eigenvalue weighted by Gasteiger charge is 2.28. The number of rotatable bonds is 7. The van der Waals surface area contributed by atoms with Gasteiger partial charge in [0, 0.05) is 25.7 Å². The number of hydrogen-bond acceptors (Lipinski definition) is 6. The number of sulfonamides is 1. The lowest BCUT2D eigenvalue weighted by molar-refractivity contribution is 0.254. The molecular formula is C17H24N4O3S. The Bertz CT molecular complexity index is 776. The molecule has 1 unspecified atom stereocenters. The van der Waals surface area contributed by atoms with Gasteiger partial charge in [0.05, 0.1) is 5.75 Å². The Labute approximate surface area is 148 Å². The molecule has 0 bridgehead atoms. The molecule has 7 nitrogen and oxygen atoms in total. The minimum absolute atomic E-state index is 0.234. The largest absolute Gasteiger partial charge is 0.332 e. The summed E-state index contributed by atoms with van der Waals surface area (Å²) in [5.41, 5.74) is 0.663. The molecule has 1 aliphatic rings. The molecule has 1 atom stereocenters. The molecular weight excluding hydrogens is 340 g/mol. The molecule has 0 radical (unpaired) electrons. The highest BCUT2D eigenvalue weighted by atomic mass is 32.2. The molecule has 1 aliphatic heterocycles. The fourth-order valence-electron chi connectivity index (χ4n) is 3.18. The van der Waals surface area contributed by atoms with Gasteiger partial charge in [-0.15, -0.1) is 0 Å². The van der Waals surface area contributed by atoms with Crippen molar-refractivity contribution < 1.29 is 12.9 Å². The first kappa shape index (κ1) is 18.0. The maximum atomic E-state index is 12.2. The van der Waals surface area contributed by atoms with E-state index < -0.39 is 10.0 Å². The lowest BCUT2D eigenvalue weighted by atomic mass is 9.94. The van der Waals surface area contributed by atoms with Crippen LogP contribution < -0.4 is 0 Å². The average Bonchev–Trinajstić information content (AvgIpc) is 3.10. The summed E-state index contributed by atoms with van der Waals surface area (Å²) in [5, 5.41) is 4.02. The van der Waals surface area contributed by atoms with E-state index in [1.165, 1.54) is 0 Å². The van der Waals surface area contributed by atoms with Crippen LogP contribution in [0.3, 0.4) is 0 Å². The van der Waals surface area contributed by atoms with Crippen LogP contribution in [0.25, 0.3) is 11.6 Å². The zero-order valence-corrected chi connectivity index (χ0v) is 15.3. The van der Waals surface area contributed by atoms with Crippen LogP contribution in [0, 0.1) is 5.92 Å². The molecule has 136 valence electrons. The van der Waals surface area contributed by atoms with E-state index in [4.69, 9.17) is 4.52 Å². The second-order valence-electron chi connectivity index (χ2n) is 6.45. The van der Waals surface area contributed by atoms with Gasteiger partial charge in [0.1, 0.15) is 5.69 Å². The van der Waals surface area contributed by atoms with Crippen molar-refractivity contribution in [2.75, 3.05) is 18.8 Å². The predicted octanol–water partition coefficient (Wildman–Crippen LogP) is 2.52. The van der Waals surface area contributed by atoms with Crippen LogP contribution in [0.4, 0.5) is 0 Å². The minimum Gasteiger partial charge on any atom is -0.332 e. The predicted molar refractivity (Wildman–Crippen MR) is 94.2 cm³/mol. The summed E-state index contributed by atoms with van der Waals surface area (Å²) in [6.07, 6.45) is 5.85. The molecule has 1 fully saturated rings. The molecule has 0 aromatic carbocycles. The van der Waals surface area contributed by atoms with Crippen molar-refractivity contribution in [1.29, 1.82) is 0 Å². The van der Waals surface area contributed by atoms with Gasteiger partial charge < -0.3 is 4.52 Å². The van der Waals surface area contributed by atoms with E-state index in [-0.39, 0.29) is 5.75 Å². The first-order valence-electron chi connectivity index (χ1n) is 8.80. The lowest BCUT2D eigenvalue weighted by Gasteiger charge is -2.31. The van der Waals surface area contributed by atoms with Gasteiger partial charge in [0.2, 0.25) is 10.0 Å². The fraction of sp³-hybridized carbons (Fsp3) is 0.588. The van der Waals surface area contributed by atoms with Gasteiger partial charge in [-0.2, -0.15) is 4.98 Å². The quantitative estimate of drug-likeness (QED) is 0.750. The Kier molecular flexibility index (Phi) is 5.80. The number of nitrogens with zero attached hydrogens (tertiary/aromatic N) is 4. The Morgan fingerprint density at radius 1 is 1.36 bits per heavy atom. The van der Waals surface area contributed by atoms with Crippen molar-refractivity contribution in [3.8, 4) is 11.6 Å². The third kappa shape index (κ3) is 4.64. The van der Waals surface area contributed by atoms with Crippen molar-refractivity contribution >= 4 is 10.0 Å². The smallest absolute Gasteiger partial charge is 0.276 e. The second-order valence-corrected chi connectivity index (χ2v) is 8.54. The Morgan fingerprint density at radius 2 is 2.24 bits per heavy atom. The Hall–Kier alpha value is -1.80. The zero-order chi connectivity index (χ0) is 17.7. The van der Waals surface area contributed by atoms with E-state index in [1.54, 1.807) is 10.5 Å². The fourth-order valence-corrected chi connectivity index (χ4v) is 4.80. The maximum absolute atomic E-state index is 12.2. The molecule has 2 aromatic heterocycles. The van der Waals surface area contributed by atoms with Crippen LogP contribution in [-0.2, 0) is 16.4 Å². The third-order valence-corrected chi connectivity index (χ3v) is 6.51. The zero-order valence-electron chi connectivity index (χ0n) is 14.5. The lowest BCUT2D eigenvalue weighted by Crippen LogP contribution is -2.41. The summed E-state index contributed by atoms with van der Waals surface area (Å²) in [4.78, 5) is 8.59. The topological polar surface area (TPSA) is 89.2 Å². The molecule has 3 heterocycles. The first-order chi connectivity index (χ1) is 12.1. The minimum atomic E-state index is -3.11. The highest BCUT2D eigenvalue weighted by Crippen LogP contribution is 2.24. The average molecular weight is 364 g/mol. The van der Waals surface area contributed by atoms with Gasteiger partial charge >= 0.3 is 0 Å². The molecule has 0 N–H and O–H groups in total. The number of pyridine rings is 1. The van der Waals surface area contributed by atoms with Crippen LogP contribution >= 0.6 is 0 Å². The van der Waals surface area contributed by atoms with Crippen LogP contribution in [-0.4, -0.2) is 46.7 Å². The molecule has 0 aliphatic carbocycles. The molecule has 1 saturated heterocycles.